The van der Waals surface area contributed by atoms with Gasteiger partial charge in [0.2, 0.25) is 0 Å². The monoisotopic (exact) mass is 316 g/mol. The van der Waals surface area contributed by atoms with E-state index in [-0.39, 0.29) is 6.10 Å². The van der Waals surface area contributed by atoms with Crippen molar-refractivity contribution in [2.45, 2.75) is 57.7 Å². The first-order valence-electron chi connectivity index (χ1n) is 8.89. The summed E-state index contributed by atoms with van der Waals surface area (Å²) >= 11 is 0. The van der Waals surface area contributed by atoms with Gasteiger partial charge in [-0.1, -0.05) is 0 Å². The summed E-state index contributed by atoms with van der Waals surface area (Å²) < 4.78 is 5.61. The fourth-order valence-electron chi connectivity index (χ4n) is 4.60. The highest BCUT2D eigenvalue weighted by Crippen LogP contribution is 2.55. The van der Waals surface area contributed by atoms with E-state index < -0.39 is 0 Å². The van der Waals surface area contributed by atoms with Crippen LogP contribution in [0.5, 0.6) is 0 Å². The first-order chi connectivity index (χ1) is 11.0. The molecule has 2 heterocycles. The Morgan fingerprint density at radius 2 is 2.09 bits per heavy atom. The Bertz CT molecular complexity index is 576. The number of morpholine rings is 1. The molecule has 5 heteroatoms. The predicted octanol–water partition coefficient (Wildman–Crippen LogP) is 2.30. The smallest absolute Gasteiger partial charge is 0.129 e. The normalized spacial score (nSPS) is 36.5. The summed E-state index contributed by atoms with van der Waals surface area (Å²) in [5.74, 6) is 1.07. The number of anilines is 2. The van der Waals surface area contributed by atoms with Crippen LogP contribution in [0.15, 0.2) is 12.1 Å². The summed E-state index contributed by atoms with van der Waals surface area (Å²) in [7, 11) is 0. The van der Waals surface area contributed by atoms with Crippen LogP contribution in [0, 0.1) is 12.3 Å². The van der Waals surface area contributed by atoms with Gasteiger partial charge in [0.25, 0.3) is 0 Å². The highest BCUT2D eigenvalue weighted by atomic mass is 16.5. The van der Waals surface area contributed by atoms with Crippen molar-refractivity contribution in [2.24, 2.45) is 11.1 Å². The number of hydrogen-bond acceptors (Lipinski definition) is 5. The van der Waals surface area contributed by atoms with Crippen LogP contribution in [0.2, 0.25) is 0 Å². The molecule has 126 valence electrons. The van der Waals surface area contributed by atoms with E-state index in [1.807, 2.05) is 0 Å². The van der Waals surface area contributed by atoms with E-state index in [0.29, 0.717) is 17.5 Å². The Kier molecular flexibility index (Phi) is 3.73. The summed E-state index contributed by atoms with van der Waals surface area (Å²) in [6.07, 6.45) is 5.25. The van der Waals surface area contributed by atoms with Crippen LogP contribution < -0.4 is 16.0 Å². The molecular formula is C18H28N4O. The molecule has 1 aromatic heterocycles. The van der Waals surface area contributed by atoms with Crippen LogP contribution in [-0.4, -0.2) is 42.9 Å². The molecule has 23 heavy (non-hydrogen) atoms. The molecule has 3 fully saturated rings. The minimum atomic E-state index is 0.281. The van der Waals surface area contributed by atoms with Gasteiger partial charge in [-0.25, -0.2) is 4.98 Å². The molecule has 1 saturated heterocycles. The van der Waals surface area contributed by atoms with Crippen LogP contribution in [0.4, 0.5) is 11.5 Å². The van der Waals surface area contributed by atoms with E-state index in [9.17, 15) is 0 Å². The fraction of sp³-hybridized carbons (Fsp3) is 0.722. The molecule has 2 saturated carbocycles. The van der Waals surface area contributed by atoms with Gasteiger partial charge in [-0.2, -0.15) is 0 Å². The van der Waals surface area contributed by atoms with E-state index in [1.54, 1.807) is 0 Å². The van der Waals surface area contributed by atoms with E-state index in [0.717, 1.165) is 31.2 Å². The Morgan fingerprint density at radius 1 is 1.30 bits per heavy atom. The van der Waals surface area contributed by atoms with Crippen molar-refractivity contribution in [3.8, 4) is 0 Å². The molecule has 0 aromatic carbocycles. The summed E-state index contributed by atoms with van der Waals surface area (Å²) in [4.78, 5) is 7.13. The third kappa shape index (κ3) is 2.92. The van der Waals surface area contributed by atoms with Gasteiger partial charge in [-0.3, -0.25) is 0 Å². The molecule has 3 aliphatic rings. The lowest BCUT2D eigenvalue weighted by Gasteiger charge is -2.57. The molecule has 1 atom stereocenters. The molecule has 5 nitrogen and oxygen atoms in total. The molecule has 0 amide bonds. The Balaban J connectivity index is 1.37. The second kappa shape index (κ2) is 5.64. The number of nitrogens with zero attached hydrogens (tertiary/aromatic N) is 2. The summed E-state index contributed by atoms with van der Waals surface area (Å²) in [6.45, 7) is 6.85. The summed E-state index contributed by atoms with van der Waals surface area (Å²) in [5.41, 5.74) is 8.78. The third-order valence-electron chi connectivity index (χ3n) is 5.75. The number of aromatic nitrogens is 1. The van der Waals surface area contributed by atoms with Gasteiger partial charge >= 0.3 is 0 Å². The van der Waals surface area contributed by atoms with Crippen LogP contribution in [-0.2, 0) is 4.74 Å². The molecule has 2 aliphatic carbocycles. The lowest BCUT2D eigenvalue weighted by molar-refractivity contribution is 0.00118. The zero-order valence-electron chi connectivity index (χ0n) is 14.2. The molecular weight excluding hydrogens is 288 g/mol. The number of rotatable bonds is 3. The highest BCUT2D eigenvalue weighted by Gasteiger charge is 2.51. The molecule has 1 unspecified atom stereocenters. The van der Waals surface area contributed by atoms with E-state index in [1.165, 1.54) is 31.4 Å². The van der Waals surface area contributed by atoms with Gasteiger partial charge in [0.15, 0.2) is 0 Å². The maximum atomic E-state index is 5.94. The maximum Gasteiger partial charge on any atom is 0.129 e. The number of pyridine rings is 1. The van der Waals surface area contributed by atoms with E-state index in [4.69, 9.17) is 15.5 Å². The van der Waals surface area contributed by atoms with E-state index >= 15 is 0 Å². The van der Waals surface area contributed by atoms with Gasteiger partial charge in [-0.15, -0.1) is 0 Å². The topological polar surface area (TPSA) is 63.4 Å². The Labute approximate surface area is 138 Å². The minimum Gasteiger partial charge on any atom is -0.381 e. The Morgan fingerprint density at radius 3 is 2.74 bits per heavy atom. The van der Waals surface area contributed by atoms with Gasteiger partial charge in [0.1, 0.15) is 5.82 Å². The number of nitrogens with two attached hydrogens (primary N) is 1. The lowest BCUT2D eigenvalue weighted by Crippen LogP contribution is -2.57. The second-order valence-corrected chi connectivity index (χ2v) is 7.85. The Hall–Kier alpha value is -1.33. The van der Waals surface area contributed by atoms with Gasteiger partial charge < -0.3 is 20.7 Å². The van der Waals surface area contributed by atoms with E-state index in [2.05, 4.69) is 36.2 Å². The summed E-state index contributed by atoms with van der Waals surface area (Å²) in [5, 5.41) is 3.68. The second-order valence-electron chi connectivity index (χ2n) is 7.85. The number of ether oxygens (including phenoxy) is 1. The van der Waals surface area contributed by atoms with Crippen molar-refractivity contribution in [2.75, 3.05) is 29.9 Å². The zero-order chi connectivity index (χ0) is 16.0. The van der Waals surface area contributed by atoms with Gasteiger partial charge in [0, 0.05) is 25.2 Å². The quantitative estimate of drug-likeness (QED) is 0.896. The molecule has 3 N–H and O–H groups in total. The van der Waals surface area contributed by atoms with Crippen molar-refractivity contribution in [1.29, 1.82) is 0 Å². The van der Waals surface area contributed by atoms with Crippen LogP contribution in [0.1, 0.15) is 38.3 Å². The van der Waals surface area contributed by atoms with Crippen molar-refractivity contribution < 1.29 is 4.74 Å². The molecule has 1 aliphatic heterocycles. The van der Waals surface area contributed by atoms with Crippen LogP contribution in [0.3, 0.4) is 0 Å². The largest absolute Gasteiger partial charge is 0.381 e. The first kappa shape index (κ1) is 15.2. The van der Waals surface area contributed by atoms with Crippen LogP contribution >= 0.6 is 0 Å². The van der Waals surface area contributed by atoms with Crippen LogP contribution in [0.25, 0.3) is 0 Å². The molecule has 0 bridgehead atoms. The van der Waals surface area contributed by atoms with Crippen molar-refractivity contribution in [3.63, 3.8) is 0 Å². The first-order valence-corrected chi connectivity index (χ1v) is 8.89. The average Bonchev–Trinajstić information content (AvgIpc) is 2.45. The van der Waals surface area contributed by atoms with Crippen molar-refractivity contribution >= 4 is 11.5 Å². The number of aryl methyl sites for hydroxylation is 1. The van der Waals surface area contributed by atoms with Crippen molar-refractivity contribution in [1.82, 2.24) is 4.98 Å². The van der Waals surface area contributed by atoms with Gasteiger partial charge in [-0.05, 0) is 57.1 Å². The standard InChI is InChI=1S/C18H28N4O/c1-12-11-22(5-6-23-12)17-4-3-16(13(2)20-17)21-15-9-18(10-15)7-14(19)8-18/h3-4,12,14-15,21H,5-11,19H2,1-2H3. The predicted molar refractivity (Wildman–Crippen MR) is 92.9 cm³/mol. The number of hydrogen-bond donors (Lipinski definition) is 2. The third-order valence-corrected chi connectivity index (χ3v) is 5.75. The molecule has 1 spiro atoms. The molecule has 1 aromatic rings. The maximum absolute atomic E-state index is 5.94. The lowest BCUT2D eigenvalue weighted by atomic mass is 9.52. The fourth-order valence-corrected chi connectivity index (χ4v) is 4.60. The highest BCUT2D eigenvalue weighted by molar-refractivity contribution is 5.54. The molecule has 0 radical (unpaired) electrons. The van der Waals surface area contributed by atoms with Gasteiger partial charge in [0.05, 0.1) is 24.1 Å². The zero-order valence-corrected chi connectivity index (χ0v) is 14.2. The summed E-state index contributed by atoms with van der Waals surface area (Å²) in [6, 6.07) is 5.38. The SMILES string of the molecule is Cc1nc(N2CCOC(C)C2)ccc1NC1CC2(CC(N)C2)C1. The van der Waals surface area contributed by atoms with Crippen molar-refractivity contribution in [3.05, 3.63) is 17.8 Å². The minimum absolute atomic E-state index is 0.281. The number of nitrogens with one attached hydrogen (secondary N) is 1. The molecule has 4 rings (SSSR count). The average molecular weight is 316 g/mol.